The van der Waals surface area contributed by atoms with Gasteiger partial charge in [-0.3, -0.25) is 9.78 Å². The van der Waals surface area contributed by atoms with E-state index in [0.29, 0.717) is 24.6 Å². The zero-order chi connectivity index (χ0) is 16.1. The highest BCUT2D eigenvalue weighted by molar-refractivity contribution is 6.05. The van der Waals surface area contributed by atoms with E-state index < -0.39 is 0 Å². The Labute approximate surface area is 135 Å². The molecule has 0 atom stereocenters. The van der Waals surface area contributed by atoms with Gasteiger partial charge in [-0.15, -0.1) is 0 Å². The van der Waals surface area contributed by atoms with Gasteiger partial charge in [-0.1, -0.05) is 12.1 Å². The summed E-state index contributed by atoms with van der Waals surface area (Å²) in [5.41, 5.74) is 1.97. The van der Waals surface area contributed by atoms with Crippen molar-refractivity contribution in [3.05, 3.63) is 48.3 Å². The molecule has 1 aromatic carbocycles. The van der Waals surface area contributed by atoms with E-state index in [1.165, 1.54) is 0 Å². The number of nitrogens with one attached hydrogen (secondary N) is 1. The molecule has 2 heterocycles. The van der Waals surface area contributed by atoms with Gasteiger partial charge in [0, 0.05) is 19.3 Å². The average Bonchev–Trinajstić information content (AvgIpc) is 2.63. The summed E-state index contributed by atoms with van der Waals surface area (Å²) in [5.74, 6) is 0.485. The Hall–Kier alpha value is -2.60. The van der Waals surface area contributed by atoms with Crippen LogP contribution in [0.15, 0.2) is 42.6 Å². The van der Waals surface area contributed by atoms with Crippen molar-refractivity contribution >= 4 is 17.3 Å². The van der Waals surface area contributed by atoms with Crippen molar-refractivity contribution in [3.8, 4) is 5.75 Å². The first-order valence-electron chi connectivity index (χ1n) is 7.51. The predicted molar refractivity (Wildman–Crippen MR) is 88.2 cm³/mol. The first-order chi connectivity index (χ1) is 11.3. The number of para-hydroxylation sites is 1. The Balaban J connectivity index is 1.90. The van der Waals surface area contributed by atoms with Crippen LogP contribution >= 0.6 is 0 Å². The maximum atomic E-state index is 12.4. The second kappa shape index (κ2) is 7.11. The third-order valence-corrected chi connectivity index (χ3v) is 3.69. The molecule has 1 amide bonds. The van der Waals surface area contributed by atoms with Gasteiger partial charge in [-0.2, -0.15) is 0 Å². The number of pyridine rings is 1. The van der Waals surface area contributed by atoms with Gasteiger partial charge >= 0.3 is 0 Å². The van der Waals surface area contributed by atoms with Crippen LogP contribution in [-0.4, -0.2) is 44.3 Å². The fourth-order valence-electron chi connectivity index (χ4n) is 2.58. The first kappa shape index (κ1) is 15.3. The Morgan fingerprint density at radius 3 is 2.74 bits per heavy atom. The number of nitrogens with zero attached hydrogens (tertiary/aromatic N) is 2. The fourth-order valence-corrected chi connectivity index (χ4v) is 2.58. The molecule has 1 saturated heterocycles. The van der Waals surface area contributed by atoms with Gasteiger partial charge in [-0.25, -0.2) is 0 Å². The molecule has 0 aliphatic carbocycles. The zero-order valence-corrected chi connectivity index (χ0v) is 13.0. The van der Waals surface area contributed by atoms with Crippen molar-refractivity contribution in [2.45, 2.75) is 0 Å². The van der Waals surface area contributed by atoms with E-state index in [1.54, 1.807) is 31.5 Å². The summed E-state index contributed by atoms with van der Waals surface area (Å²) in [4.78, 5) is 18.6. The predicted octanol–water partition coefficient (Wildman–Crippen LogP) is 2.18. The molecule has 0 saturated carbocycles. The summed E-state index contributed by atoms with van der Waals surface area (Å²) in [7, 11) is 1.63. The van der Waals surface area contributed by atoms with Crippen LogP contribution < -0.4 is 15.0 Å². The number of benzene rings is 1. The molecule has 1 aromatic heterocycles. The van der Waals surface area contributed by atoms with E-state index in [-0.39, 0.29) is 5.91 Å². The number of aromatic nitrogens is 1. The van der Waals surface area contributed by atoms with Gasteiger partial charge in [0.25, 0.3) is 5.91 Å². The smallest absolute Gasteiger partial charge is 0.274 e. The van der Waals surface area contributed by atoms with Crippen LogP contribution in [-0.2, 0) is 4.74 Å². The van der Waals surface area contributed by atoms with Crippen LogP contribution in [0.4, 0.5) is 11.4 Å². The minimum absolute atomic E-state index is 0.242. The minimum atomic E-state index is -0.242. The maximum Gasteiger partial charge on any atom is 0.274 e. The highest BCUT2D eigenvalue weighted by Gasteiger charge is 2.20. The molecule has 23 heavy (non-hydrogen) atoms. The zero-order valence-electron chi connectivity index (χ0n) is 13.0. The molecule has 0 bridgehead atoms. The van der Waals surface area contributed by atoms with Gasteiger partial charge in [-0.05, 0) is 24.3 Å². The van der Waals surface area contributed by atoms with Crippen LogP contribution in [0.2, 0.25) is 0 Å². The lowest BCUT2D eigenvalue weighted by atomic mass is 10.2. The second-order valence-electron chi connectivity index (χ2n) is 5.12. The summed E-state index contributed by atoms with van der Waals surface area (Å²) in [6, 6.07) is 10.9. The van der Waals surface area contributed by atoms with Gasteiger partial charge in [0.1, 0.15) is 17.1 Å². The number of methoxy groups -OCH3 is 1. The normalized spacial score (nSPS) is 14.4. The number of rotatable bonds is 4. The van der Waals surface area contributed by atoms with Gasteiger partial charge in [0.15, 0.2) is 0 Å². The summed E-state index contributed by atoms with van der Waals surface area (Å²) >= 11 is 0. The molecule has 1 aliphatic rings. The summed E-state index contributed by atoms with van der Waals surface area (Å²) in [6.07, 6.45) is 1.60. The summed E-state index contributed by atoms with van der Waals surface area (Å²) < 4.78 is 10.9. The molecule has 1 aliphatic heterocycles. The Morgan fingerprint density at radius 2 is 2.04 bits per heavy atom. The topological polar surface area (TPSA) is 63.7 Å². The van der Waals surface area contributed by atoms with Crippen molar-refractivity contribution in [3.63, 3.8) is 0 Å². The quantitative estimate of drug-likeness (QED) is 0.937. The number of hydrogen-bond acceptors (Lipinski definition) is 5. The third-order valence-electron chi connectivity index (χ3n) is 3.69. The Kier molecular flexibility index (Phi) is 4.73. The second-order valence-corrected chi connectivity index (χ2v) is 5.12. The first-order valence-corrected chi connectivity index (χ1v) is 7.51. The van der Waals surface area contributed by atoms with Crippen molar-refractivity contribution in [1.29, 1.82) is 0 Å². The molecule has 0 radical (unpaired) electrons. The monoisotopic (exact) mass is 313 g/mol. The molecule has 6 heteroatoms. The molecule has 0 spiro atoms. The maximum absolute atomic E-state index is 12.4. The van der Waals surface area contributed by atoms with Crippen LogP contribution in [0.5, 0.6) is 5.75 Å². The van der Waals surface area contributed by atoms with E-state index in [2.05, 4.69) is 15.2 Å². The largest absolute Gasteiger partial charge is 0.495 e. The molecule has 1 fully saturated rings. The SMILES string of the molecule is COc1cccc(NC(=O)c2ccccn2)c1N1CCOCC1. The molecule has 2 aromatic rings. The highest BCUT2D eigenvalue weighted by atomic mass is 16.5. The number of carbonyl (C=O) groups excluding carboxylic acids is 1. The molecule has 1 N–H and O–H groups in total. The number of anilines is 2. The van der Waals surface area contributed by atoms with Crippen molar-refractivity contribution < 1.29 is 14.3 Å². The lowest BCUT2D eigenvalue weighted by Crippen LogP contribution is -2.37. The highest BCUT2D eigenvalue weighted by Crippen LogP contribution is 2.36. The van der Waals surface area contributed by atoms with Crippen LogP contribution in [0, 0.1) is 0 Å². The van der Waals surface area contributed by atoms with Crippen molar-refractivity contribution in [2.75, 3.05) is 43.6 Å². The van der Waals surface area contributed by atoms with Crippen LogP contribution in [0.25, 0.3) is 0 Å². The lowest BCUT2D eigenvalue weighted by molar-refractivity contribution is 0.102. The molecule has 3 rings (SSSR count). The molecule has 120 valence electrons. The third kappa shape index (κ3) is 3.43. The number of ether oxygens (including phenoxy) is 2. The van der Waals surface area contributed by atoms with Crippen LogP contribution in [0.1, 0.15) is 10.5 Å². The van der Waals surface area contributed by atoms with E-state index >= 15 is 0 Å². The number of amides is 1. The Bertz CT molecular complexity index is 670. The summed E-state index contributed by atoms with van der Waals surface area (Å²) in [6.45, 7) is 2.83. The molecule has 0 unspecified atom stereocenters. The van der Waals surface area contributed by atoms with E-state index in [9.17, 15) is 4.79 Å². The Morgan fingerprint density at radius 1 is 1.22 bits per heavy atom. The van der Waals surface area contributed by atoms with E-state index in [0.717, 1.165) is 24.5 Å². The average molecular weight is 313 g/mol. The van der Waals surface area contributed by atoms with Crippen molar-refractivity contribution in [1.82, 2.24) is 4.98 Å². The fraction of sp³-hybridized carbons (Fsp3) is 0.294. The molecular formula is C17H19N3O3. The standard InChI is InChI=1S/C17H19N3O3/c1-22-15-7-4-6-13(16(15)20-9-11-23-12-10-20)19-17(21)14-5-2-3-8-18-14/h2-8H,9-12H2,1H3,(H,19,21). The summed E-state index contributed by atoms with van der Waals surface area (Å²) in [5, 5.41) is 2.93. The lowest BCUT2D eigenvalue weighted by Gasteiger charge is -2.31. The van der Waals surface area contributed by atoms with Crippen LogP contribution in [0.3, 0.4) is 0 Å². The number of carbonyl (C=O) groups is 1. The van der Waals surface area contributed by atoms with Gasteiger partial charge in [0.05, 0.1) is 26.0 Å². The number of hydrogen-bond donors (Lipinski definition) is 1. The van der Waals surface area contributed by atoms with E-state index in [4.69, 9.17) is 9.47 Å². The minimum Gasteiger partial charge on any atom is -0.495 e. The molecule has 6 nitrogen and oxygen atoms in total. The van der Waals surface area contributed by atoms with Gasteiger partial charge < -0.3 is 19.7 Å². The molecular weight excluding hydrogens is 294 g/mol. The van der Waals surface area contributed by atoms with Gasteiger partial charge in [0.2, 0.25) is 0 Å². The van der Waals surface area contributed by atoms with Crippen molar-refractivity contribution in [2.24, 2.45) is 0 Å². The number of morpholine rings is 1. The van der Waals surface area contributed by atoms with E-state index in [1.807, 2.05) is 18.2 Å².